The van der Waals surface area contributed by atoms with Gasteiger partial charge in [-0.25, -0.2) is 8.42 Å². The topological polar surface area (TPSA) is 86.7 Å². The molecular weight excluding hydrogens is 316 g/mol. The first-order chi connectivity index (χ1) is 11.0. The summed E-state index contributed by atoms with van der Waals surface area (Å²) in [4.78, 5) is 11.0. The number of carboxylic acids is 1. The fourth-order valence-electron chi connectivity index (χ4n) is 3.37. The van der Waals surface area contributed by atoms with Crippen LogP contribution in [-0.2, 0) is 14.8 Å². The van der Waals surface area contributed by atoms with Gasteiger partial charge < -0.3 is 10.4 Å². The van der Waals surface area contributed by atoms with Gasteiger partial charge in [0.05, 0.1) is 17.4 Å². The van der Waals surface area contributed by atoms with Crippen LogP contribution in [0.1, 0.15) is 32.1 Å². The predicted molar refractivity (Wildman–Crippen MR) is 89.2 cm³/mol. The highest BCUT2D eigenvalue weighted by molar-refractivity contribution is 7.93. The van der Waals surface area contributed by atoms with Gasteiger partial charge in [-0.2, -0.15) is 0 Å². The molecule has 1 aliphatic carbocycles. The molecule has 0 unspecified atom stereocenters. The van der Waals surface area contributed by atoms with Gasteiger partial charge in [-0.05, 0) is 56.4 Å². The second kappa shape index (κ2) is 6.39. The third kappa shape index (κ3) is 3.60. The van der Waals surface area contributed by atoms with Gasteiger partial charge in [0.1, 0.15) is 0 Å². The van der Waals surface area contributed by atoms with Crippen molar-refractivity contribution in [3.63, 3.8) is 0 Å². The number of aliphatic carboxylic acids is 1. The Morgan fingerprint density at radius 1 is 1.13 bits per heavy atom. The number of rotatable bonds is 4. The standard InChI is InChI=1S/C16H22N2O4S/c19-16(20)12-2-4-13(5-3-12)17-14-6-8-15(9-7-14)18-10-1-11-23(18,21)22/h6-9,12-13,17H,1-5,10-11H2,(H,19,20). The van der Waals surface area contributed by atoms with E-state index in [2.05, 4.69) is 5.32 Å². The lowest BCUT2D eigenvalue weighted by atomic mass is 9.86. The lowest BCUT2D eigenvalue weighted by Gasteiger charge is -2.27. The Hall–Kier alpha value is -1.76. The van der Waals surface area contributed by atoms with Crippen molar-refractivity contribution in [1.82, 2.24) is 0 Å². The molecule has 0 radical (unpaired) electrons. The summed E-state index contributed by atoms with van der Waals surface area (Å²) < 4.78 is 25.3. The second-order valence-corrected chi connectivity index (χ2v) is 8.33. The number of hydrogen-bond donors (Lipinski definition) is 2. The van der Waals surface area contributed by atoms with Crippen molar-refractivity contribution in [3.8, 4) is 0 Å². The van der Waals surface area contributed by atoms with E-state index in [1.54, 1.807) is 0 Å². The quantitative estimate of drug-likeness (QED) is 0.879. The molecular formula is C16H22N2O4S. The number of carbonyl (C=O) groups is 1. The predicted octanol–water partition coefficient (Wildman–Crippen LogP) is 2.28. The Kier molecular flexibility index (Phi) is 4.48. The summed E-state index contributed by atoms with van der Waals surface area (Å²) in [7, 11) is -3.14. The highest BCUT2D eigenvalue weighted by Crippen LogP contribution is 2.29. The molecule has 0 spiro atoms. The van der Waals surface area contributed by atoms with Gasteiger partial charge in [-0.3, -0.25) is 9.10 Å². The number of hydrogen-bond acceptors (Lipinski definition) is 4. The second-order valence-electron chi connectivity index (χ2n) is 6.32. The smallest absolute Gasteiger partial charge is 0.306 e. The summed E-state index contributed by atoms with van der Waals surface area (Å²) in [5.41, 5.74) is 1.66. The van der Waals surface area contributed by atoms with Crippen molar-refractivity contribution < 1.29 is 18.3 Å². The van der Waals surface area contributed by atoms with E-state index in [1.165, 1.54) is 4.31 Å². The van der Waals surface area contributed by atoms with Crippen LogP contribution in [0.3, 0.4) is 0 Å². The van der Waals surface area contributed by atoms with Gasteiger partial charge in [-0.1, -0.05) is 0 Å². The first-order valence-corrected chi connectivity index (χ1v) is 9.66. The maximum absolute atomic E-state index is 11.9. The van der Waals surface area contributed by atoms with E-state index in [1.807, 2.05) is 24.3 Å². The third-order valence-electron chi connectivity index (χ3n) is 4.70. The molecule has 7 heteroatoms. The fraction of sp³-hybridized carbons (Fsp3) is 0.562. The molecule has 126 valence electrons. The van der Waals surface area contributed by atoms with Gasteiger partial charge in [0.15, 0.2) is 0 Å². The third-order valence-corrected chi connectivity index (χ3v) is 6.57. The van der Waals surface area contributed by atoms with Crippen LogP contribution in [0.5, 0.6) is 0 Å². The molecule has 0 bridgehead atoms. The Morgan fingerprint density at radius 2 is 1.78 bits per heavy atom. The minimum atomic E-state index is -3.14. The van der Waals surface area contributed by atoms with Gasteiger partial charge in [-0.15, -0.1) is 0 Å². The Bertz CT molecular complexity index is 664. The molecule has 0 amide bonds. The molecule has 6 nitrogen and oxygen atoms in total. The minimum Gasteiger partial charge on any atom is -0.481 e. The zero-order valence-electron chi connectivity index (χ0n) is 12.9. The van der Waals surface area contributed by atoms with E-state index < -0.39 is 16.0 Å². The largest absolute Gasteiger partial charge is 0.481 e. The van der Waals surface area contributed by atoms with E-state index >= 15 is 0 Å². The lowest BCUT2D eigenvalue weighted by Crippen LogP contribution is -2.29. The fourth-order valence-corrected chi connectivity index (χ4v) is 4.94. The van der Waals surface area contributed by atoms with E-state index in [0.717, 1.165) is 18.5 Å². The molecule has 1 aromatic rings. The average Bonchev–Trinajstić information content (AvgIpc) is 2.88. The first kappa shape index (κ1) is 16.1. The first-order valence-electron chi connectivity index (χ1n) is 8.05. The average molecular weight is 338 g/mol. The van der Waals surface area contributed by atoms with Crippen LogP contribution in [0, 0.1) is 5.92 Å². The number of anilines is 2. The van der Waals surface area contributed by atoms with Crippen molar-refractivity contribution in [2.45, 2.75) is 38.1 Å². The van der Waals surface area contributed by atoms with Crippen molar-refractivity contribution in [2.75, 3.05) is 21.9 Å². The van der Waals surface area contributed by atoms with E-state index in [0.29, 0.717) is 31.5 Å². The molecule has 1 aromatic carbocycles. The van der Waals surface area contributed by atoms with Crippen LogP contribution in [0.15, 0.2) is 24.3 Å². The van der Waals surface area contributed by atoms with Crippen molar-refractivity contribution in [2.24, 2.45) is 5.92 Å². The SMILES string of the molecule is O=C(O)C1CCC(Nc2ccc(N3CCCS3(=O)=O)cc2)CC1. The summed E-state index contributed by atoms with van der Waals surface area (Å²) >= 11 is 0. The van der Waals surface area contributed by atoms with E-state index in [4.69, 9.17) is 5.11 Å². The highest BCUT2D eigenvalue weighted by atomic mass is 32.2. The number of nitrogens with zero attached hydrogens (tertiary/aromatic N) is 1. The Balaban J connectivity index is 1.59. The monoisotopic (exact) mass is 338 g/mol. The molecule has 1 aliphatic heterocycles. The number of nitrogens with one attached hydrogen (secondary N) is 1. The van der Waals surface area contributed by atoms with Crippen molar-refractivity contribution >= 4 is 27.4 Å². The maximum atomic E-state index is 11.9. The van der Waals surface area contributed by atoms with Crippen LogP contribution < -0.4 is 9.62 Å². The molecule has 3 rings (SSSR count). The summed E-state index contributed by atoms with van der Waals surface area (Å²) in [6.45, 7) is 0.550. The van der Waals surface area contributed by atoms with Gasteiger partial charge >= 0.3 is 5.97 Å². The van der Waals surface area contributed by atoms with Crippen LogP contribution in [0.2, 0.25) is 0 Å². The summed E-state index contributed by atoms with van der Waals surface area (Å²) in [6.07, 6.45) is 3.78. The van der Waals surface area contributed by atoms with Gasteiger partial charge in [0, 0.05) is 18.3 Å². The lowest BCUT2D eigenvalue weighted by molar-refractivity contribution is -0.142. The number of benzene rings is 1. The molecule has 2 N–H and O–H groups in total. The molecule has 2 fully saturated rings. The molecule has 1 saturated carbocycles. The molecule has 1 saturated heterocycles. The Labute approximate surface area is 136 Å². The number of sulfonamides is 1. The summed E-state index contributed by atoms with van der Waals surface area (Å²) in [6, 6.07) is 7.73. The molecule has 0 atom stereocenters. The number of carboxylic acid groups (broad SMARTS) is 1. The van der Waals surface area contributed by atoms with Crippen LogP contribution in [-0.4, -0.2) is 37.8 Å². The molecule has 23 heavy (non-hydrogen) atoms. The van der Waals surface area contributed by atoms with E-state index in [-0.39, 0.29) is 17.7 Å². The maximum Gasteiger partial charge on any atom is 0.306 e. The minimum absolute atomic E-state index is 0.212. The summed E-state index contributed by atoms with van der Waals surface area (Å²) in [5.74, 6) is -0.685. The molecule has 0 aromatic heterocycles. The molecule has 1 heterocycles. The normalized spacial score (nSPS) is 26.9. The highest BCUT2D eigenvalue weighted by Gasteiger charge is 2.28. The zero-order chi connectivity index (χ0) is 16.4. The van der Waals surface area contributed by atoms with Crippen molar-refractivity contribution in [3.05, 3.63) is 24.3 Å². The van der Waals surface area contributed by atoms with Gasteiger partial charge in [0.2, 0.25) is 10.0 Å². The zero-order valence-corrected chi connectivity index (χ0v) is 13.8. The summed E-state index contributed by atoms with van der Waals surface area (Å²) in [5, 5.41) is 12.4. The Morgan fingerprint density at radius 3 is 2.30 bits per heavy atom. The van der Waals surface area contributed by atoms with Crippen molar-refractivity contribution in [1.29, 1.82) is 0 Å². The molecule has 2 aliphatic rings. The van der Waals surface area contributed by atoms with E-state index in [9.17, 15) is 13.2 Å². The van der Waals surface area contributed by atoms with Crippen LogP contribution in [0.25, 0.3) is 0 Å². The van der Waals surface area contributed by atoms with Crippen LogP contribution in [0.4, 0.5) is 11.4 Å². The van der Waals surface area contributed by atoms with Gasteiger partial charge in [0.25, 0.3) is 0 Å². The van der Waals surface area contributed by atoms with Crippen LogP contribution >= 0.6 is 0 Å².